The molecule has 108 valence electrons. The fraction of sp³-hybridized carbons (Fsp3) is 0.562. The van der Waals surface area contributed by atoms with Crippen LogP contribution >= 0.6 is 0 Å². The average molecular weight is 274 g/mol. The normalized spacial score (nSPS) is 26.1. The maximum atomic E-state index is 12.7. The summed E-state index contributed by atoms with van der Waals surface area (Å²) in [5.41, 5.74) is 2.67. The van der Waals surface area contributed by atoms with Crippen LogP contribution < -0.4 is 5.32 Å². The van der Waals surface area contributed by atoms with E-state index in [9.17, 15) is 4.79 Å². The van der Waals surface area contributed by atoms with Gasteiger partial charge in [0.1, 0.15) is 0 Å². The number of benzene rings is 1. The number of fused-ring (bicyclic) bond motifs is 1. The minimum absolute atomic E-state index is 0.0368. The molecule has 2 atom stereocenters. The van der Waals surface area contributed by atoms with Crippen molar-refractivity contribution in [3.8, 4) is 0 Å². The summed E-state index contributed by atoms with van der Waals surface area (Å²) in [4.78, 5) is 14.7. The molecule has 3 rings (SSSR count). The van der Waals surface area contributed by atoms with Gasteiger partial charge in [0.25, 0.3) is 0 Å². The number of nitrogens with zero attached hydrogens (tertiary/aromatic N) is 1. The Morgan fingerprint density at radius 2 is 2.10 bits per heavy atom. The lowest BCUT2D eigenvalue weighted by molar-refractivity contribution is -0.136. The van der Waals surface area contributed by atoms with E-state index in [-0.39, 0.29) is 17.9 Å². The molecular weight excluding hydrogens is 252 g/mol. The van der Waals surface area contributed by atoms with Crippen LogP contribution in [0.5, 0.6) is 0 Å². The lowest BCUT2D eigenvalue weighted by Gasteiger charge is -2.26. The number of likely N-dealkylation sites (N-methyl/N-ethyl adjacent to an activating group) is 1. The van der Waals surface area contributed by atoms with Crippen molar-refractivity contribution in [2.75, 3.05) is 26.8 Å². The Bertz CT molecular complexity index is 489. The van der Waals surface area contributed by atoms with Gasteiger partial charge in [0.2, 0.25) is 5.91 Å². The third-order valence-electron chi connectivity index (χ3n) is 4.43. The molecule has 2 aliphatic heterocycles. The highest BCUT2D eigenvalue weighted by molar-refractivity contribution is 5.80. The first-order chi connectivity index (χ1) is 9.79. The number of aryl methyl sites for hydroxylation is 1. The molecular formula is C16H22N2O2. The molecule has 0 saturated carbocycles. The van der Waals surface area contributed by atoms with Crippen LogP contribution in [0.2, 0.25) is 0 Å². The Kier molecular flexibility index (Phi) is 4.03. The SMILES string of the molecule is CNC1COCC1C(=O)N1CCCc2ccccc2C1. The number of rotatable bonds is 2. The molecule has 1 saturated heterocycles. The lowest BCUT2D eigenvalue weighted by Crippen LogP contribution is -2.44. The zero-order chi connectivity index (χ0) is 13.9. The number of ether oxygens (including phenoxy) is 1. The second kappa shape index (κ2) is 5.94. The summed E-state index contributed by atoms with van der Waals surface area (Å²) in [6.07, 6.45) is 2.11. The van der Waals surface area contributed by atoms with Crippen molar-refractivity contribution in [1.29, 1.82) is 0 Å². The maximum Gasteiger partial charge on any atom is 0.229 e. The van der Waals surface area contributed by atoms with Crippen molar-refractivity contribution in [3.05, 3.63) is 35.4 Å². The van der Waals surface area contributed by atoms with E-state index in [1.807, 2.05) is 11.9 Å². The summed E-state index contributed by atoms with van der Waals surface area (Å²) in [6.45, 7) is 2.77. The molecule has 0 spiro atoms. The van der Waals surface area contributed by atoms with E-state index in [0.717, 1.165) is 25.9 Å². The smallest absolute Gasteiger partial charge is 0.229 e. The van der Waals surface area contributed by atoms with Crippen LogP contribution in [-0.2, 0) is 22.5 Å². The summed E-state index contributed by atoms with van der Waals surface area (Å²) >= 11 is 0. The summed E-state index contributed by atoms with van der Waals surface area (Å²) in [5, 5.41) is 3.20. The Hall–Kier alpha value is -1.39. The molecule has 20 heavy (non-hydrogen) atoms. The van der Waals surface area contributed by atoms with Crippen LogP contribution in [-0.4, -0.2) is 43.7 Å². The number of hydrogen-bond acceptors (Lipinski definition) is 3. The van der Waals surface area contributed by atoms with Gasteiger partial charge in [-0.05, 0) is 31.0 Å². The minimum atomic E-state index is -0.0368. The number of nitrogens with one attached hydrogen (secondary N) is 1. The Labute approximate surface area is 120 Å². The number of carbonyl (C=O) groups excluding carboxylic acids is 1. The fourth-order valence-electron chi connectivity index (χ4n) is 3.21. The molecule has 2 aliphatic rings. The van der Waals surface area contributed by atoms with Crippen LogP contribution in [0.1, 0.15) is 17.5 Å². The zero-order valence-corrected chi connectivity index (χ0v) is 12.0. The molecule has 0 bridgehead atoms. The number of carbonyl (C=O) groups is 1. The van der Waals surface area contributed by atoms with Crippen LogP contribution in [0, 0.1) is 5.92 Å². The van der Waals surface area contributed by atoms with E-state index in [2.05, 4.69) is 29.6 Å². The molecule has 4 heteroatoms. The molecule has 4 nitrogen and oxygen atoms in total. The predicted molar refractivity (Wildman–Crippen MR) is 77.3 cm³/mol. The van der Waals surface area contributed by atoms with Crippen molar-refractivity contribution in [3.63, 3.8) is 0 Å². The van der Waals surface area contributed by atoms with E-state index < -0.39 is 0 Å². The van der Waals surface area contributed by atoms with E-state index >= 15 is 0 Å². The zero-order valence-electron chi connectivity index (χ0n) is 12.0. The van der Waals surface area contributed by atoms with Crippen LogP contribution in [0.3, 0.4) is 0 Å². The topological polar surface area (TPSA) is 41.6 Å². The van der Waals surface area contributed by atoms with E-state index in [1.54, 1.807) is 0 Å². The van der Waals surface area contributed by atoms with E-state index in [4.69, 9.17) is 4.74 Å². The van der Waals surface area contributed by atoms with E-state index in [0.29, 0.717) is 13.2 Å². The molecule has 1 aromatic rings. The maximum absolute atomic E-state index is 12.7. The molecule has 1 N–H and O–H groups in total. The van der Waals surface area contributed by atoms with Crippen molar-refractivity contribution >= 4 is 5.91 Å². The van der Waals surface area contributed by atoms with Gasteiger partial charge in [-0.2, -0.15) is 0 Å². The Balaban J connectivity index is 1.76. The van der Waals surface area contributed by atoms with Gasteiger partial charge in [0, 0.05) is 19.1 Å². The molecule has 2 heterocycles. The minimum Gasteiger partial charge on any atom is -0.379 e. The first-order valence-corrected chi connectivity index (χ1v) is 7.40. The Morgan fingerprint density at radius 1 is 1.30 bits per heavy atom. The summed E-state index contributed by atoms with van der Waals surface area (Å²) in [7, 11) is 1.90. The molecule has 1 fully saturated rings. The van der Waals surface area contributed by atoms with Gasteiger partial charge in [-0.25, -0.2) is 0 Å². The van der Waals surface area contributed by atoms with Gasteiger partial charge < -0.3 is 15.0 Å². The van der Waals surface area contributed by atoms with Crippen LogP contribution in [0.15, 0.2) is 24.3 Å². The van der Waals surface area contributed by atoms with Gasteiger partial charge in [-0.15, -0.1) is 0 Å². The summed E-state index contributed by atoms with van der Waals surface area (Å²) in [6, 6.07) is 8.61. The third-order valence-corrected chi connectivity index (χ3v) is 4.43. The third kappa shape index (κ3) is 2.58. The van der Waals surface area contributed by atoms with Gasteiger partial charge in [-0.1, -0.05) is 24.3 Å². The standard InChI is InChI=1S/C16H22N2O2/c1-17-15-11-20-10-14(15)16(19)18-8-4-7-12-5-2-3-6-13(12)9-18/h2-3,5-6,14-15,17H,4,7-11H2,1H3. The van der Waals surface area contributed by atoms with Gasteiger partial charge in [-0.3, -0.25) is 4.79 Å². The summed E-state index contributed by atoms with van der Waals surface area (Å²) < 4.78 is 5.46. The van der Waals surface area contributed by atoms with Gasteiger partial charge in [0.05, 0.1) is 19.1 Å². The average Bonchev–Trinajstić information content (AvgIpc) is 2.85. The molecule has 0 aliphatic carbocycles. The molecule has 0 aromatic heterocycles. The van der Waals surface area contributed by atoms with Crippen molar-refractivity contribution < 1.29 is 9.53 Å². The predicted octanol–water partition coefficient (Wildman–Crippen LogP) is 1.20. The van der Waals surface area contributed by atoms with Crippen molar-refractivity contribution in [2.24, 2.45) is 5.92 Å². The first-order valence-electron chi connectivity index (χ1n) is 7.40. The Morgan fingerprint density at radius 3 is 2.90 bits per heavy atom. The lowest BCUT2D eigenvalue weighted by atomic mass is 10.0. The van der Waals surface area contributed by atoms with Crippen LogP contribution in [0.25, 0.3) is 0 Å². The van der Waals surface area contributed by atoms with Crippen LogP contribution in [0.4, 0.5) is 0 Å². The quantitative estimate of drug-likeness (QED) is 0.881. The molecule has 1 aromatic carbocycles. The number of hydrogen-bond donors (Lipinski definition) is 1. The molecule has 0 radical (unpaired) electrons. The second-order valence-electron chi connectivity index (χ2n) is 5.67. The largest absolute Gasteiger partial charge is 0.379 e. The highest BCUT2D eigenvalue weighted by atomic mass is 16.5. The second-order valence-corrected chi connectivity index (χ2v) is 5.67. The monoisotopic (exact) mass is 274 g/mol. The molecule has 2 unspecified atom stereocenters. The number of amides is 1. The van der Waals surface area contributed by atoms with Gasteiger partial charge in [0.15, 0.2) is 0 Å². The van der Waals surface area contributed by atoms with Crippen molar-refractivity contribution in [1.82, 2.24) is 10.2 Å². The fourth-order valence-corrected chi connectivity index (χ4v) is 3.21. The highest BCUT2D eigenvalue weighted by Gasteiger charge is 2.36. The summed E-state index contributed by atoms with van der Waals surface area (Å²) in [5.74, 6) is 0.198. The molecule has 1 amide bonds. The van der Waals surface area contributed by atoms with E-state index in [1.165, 1.54) is 11.1 Å². The first kappa shape index (κ1) is 13.6. The van der Waals surface area contributed by atoms with Crippen molar-refractivity contribution in [2.45, 2.75) is 25.4 Å². The van der Waals surface area contributed by atoms with Gasteiger partial charge >= 0.3 is 0 Å². The highest BCUT2D eigenvalue weighted by Crippen LogP contribution is 2.22.